The van der Waals surface area contributed by atoms with Crippen molar-refractivity contribution in [1.82, 2.24) is 14.5 Å². The summed E-state index contributed by atoms with van der Waals surface area (Å²) in [5, 5.41) is 1.15. The van der Waals surface area contributed by atoms with Crippen molar-refractivity contribution in [3.8, 4) is 0 Å². The number of nitrogens with zero attached hydrogens (tertiary/aromatic N) is 4. The molecule has 2 heterocycles. The van der Waals surface area contributed by atoms with Crippen molar-refractivity contribution in [3.05, 3.63) is 64.7 Å². The van der Waals surface area contributed by atoms with Gasteiger partial charge < -0.3 is 9.80 Å². The van der Waals surface area contributed by atoms with Crippen LogP contribution in [0.2, 0.25) is 0 Å². The molecule has 1 aliphatic rings. The van der Waals surface area contributed by atoms with E-state index in [0.717, 1.165) is 5.69 Å². The summed E-state index contributed by atoms with van der Waals surface area (Å²) in [4.78, 5) is 34.4. The zero-order chi connectivity index (χ0) is 22.0. The Balaban J connectivity index is 1.42. The number of piperazine rings is 1. The van der Waals surface area contributed by atoms with Gasteiger partial charge in [-0.15, -0.1) is 0 Å². The average Bonchev–Trinajstić information content (AvgIpc) is 2.78. The van der Waals surface area contributed by atoms with Gasteiger partial charge in [-0.1, -0.05) is 23.9 Å². The van der Waals surface area contributed by atoms with E-state index in [1.165, 1.54) is 23.9 Å². The fourth-order valence-electron chi connectivity index (χ4n) is 3.77. The van der Waals surface area contributed by atoms with Crippen LogP contribution in [0.1, 0.15) is 19.9 Å². The highest BCUT2D eigenvalue weighted by molar-refractivity contribution is 7.99. The molecule has 0 aliphatic carbocycles. The highest BCUT2D eigenvalue weighted by Crippen LogP contribution is 2.22. The molecule has 8 heteroatoms. The maximum Gasteiger partial charge on any atom is 0.262 e. The van der Waals surface area contributed by atoms with Crippen molar-refractivity contribution in [2.75, 3.05) is 36.8 Å². The molecule has 3 aromatic rings. The quantitative estimate of drug-likeness (QED) is 0.449. The Hall–Kier alpha value is -2.87. The molecule has 0 bridgehead atoms. The summed E-state index contributed by atoms with van der Waals surface area (Å²) < 4.78 is 14.8. The summed E-state index contributed by atoms with van der Waals surface area (Å²) in [5.41, 5.74) is 1.53. The largest absolute Gasteiger partial charge is 0.368 e. The van der Waals surface area contributed by atoms with Gasteiger partial charge in [0.15, 0.2) is 5.16 Å². The number of para-hydroxylation sites is 1. The van der Waals surface area contributed by atoms with E-state index in [9.17, 15) is 14.0 Å². The lowest BCUT2D eigenvalue weighted by Gasteiger charge is -2.36. The van der Waals surface area contributed by atoms with E-state index in [-0.39, 0.29) is 29.1 Å². The Kier molecular flexibility index (Phi) is 6.27. The van der Waals surface area contributed by atoms with Crippen molar-refractivity contribution in [1.29, 1.82) is 0 Å². The maximum atomic E-state index is 13.1. The number of aromatic nitrogens is 2. The van der Waals surface area contributed by atoms with Crippen LogP contribution in [0.5, 0.6) is 0 Å². The third kappa shape index (κ3) is 4.58. The van der Waals surface area contributed by atoms with Gasteiger partial charge in [0, 0.05) is 37.9 Å². The minimum atomic E-state index is -0.253. The molecular formula is C23H25FN4O2S. The third-order valence-corrected chi connectivity index (χ3v) is 6.38. The van der Waals surface area contributed by atoms with Crippen LogP contribution in [0.4, 0.5) is 10.1 Å². The van der Waals surface area contributed by atoms with Crippen LogP contribution < -0.4 is 10.5 Å². The molecule has 2 aromatic carbocycles. The standard InChI is InChI=1S/C23H25FN4O2S/c1-16(2)28-22(30)19-5-3-4-6-20(19)25-23(28)31-15-21(29)27-13-11-26(12-14-27)18-9-7-17(24)8-10-18/h3-10,16H,11-15H2,1-2H3. The molecule has 1 amide bonds. The molecule has 6 nitrogen and oxygen atoms in total. The molecule has 31 heavy (non-hydrogen) atoms. The fourth-order valence-corrected chi connectivity index (χ4v) is 4.80. The number of rotatable bonds is 5. The second-order valence-electron chi connectivity index (χ2n) is 7.81. The van der Waals surface area contributed by atoms with Gasteiger partial charge in [0.25, 0.3) is 5.56 Å². The van der Waals surface area contributed by atoms with Crippen molar-refractivity contribution in [3.63, 3.8) is 0 Å². The Morgan fingerprint density at radius 3 is 2.42 bits per heavy atom. The lowest BCUT2D eigenvalue weighted by atomic mass is 10.2. The zero-order valence-corrected chi connectivity index (χ0v) is 18.4. The Bertz CT molecular complexity index is 1140. The highest BCUT2D eigenvalue weighted by Gasteiger charge is 2.22. The maximum absolute atomic E-state index is 13.1. The second kappa shape index (κ2) is 9.09. The summed E-state index contributed by atoms with van der Waals surface area (Å²) in [6.45, 7) is 6.51. The van der Waals surface area contributed by atoms with E-state index < -0.39 is 0 Å². The van der Waals surface area contributed by atoms with Crippen LogP contribution in [0.25, 0.3) is 10.9 Å². The number of benzene rings is 2. The molecule has 4 rings (SSSR count). The third-order valence-electron chi connectivity index (χ3n) is 5.44. The number of amides is 1. The van der Waals surface area contributed by atoms with Crippen LogP contribution in [-0.4, -0.2) is 52.3 Å². The van der Waals surface area contributed by atoms with Gasteiger partial charge in [-0.05, 0) is 50.2 Å². The minimum absolute atomic E-state index is 0.0291. The molecule has 0 atom stereocenters. The molecule has 162 valence electrons. The monoisotopic (exact) mass is 440 g/mol. The SMILES string of the molecule is CC(C)n1c(SCC(=O)N2CCN(c3ccc(F)cc3)CC2)nc2ccccc2c1=O. The van der Waals surface area contributed by atoms with Crippen LogP contribution in [0.15, 0.2) is 58.5 Å². The summed E-state index contributed by atoms with van der Waals surface area (Å²) in [6, 6.07) is 13.7. The zero-order valence-electron chi connectivity index (χ0n) is 17.6. The predicted molar refractivity (Wildman–Crippen MR) is 122 cm³/mol. The lowest BCUT2D eigenvalue weighted by Crippen LogP contribution is -2.49. The first-order valence-electron chi connectivity index (χ1n) is 10.4. The molecule has 1 aromatic heterocycles. The fraction of sp³-hybridized carbons (Fsp3) is 0.348. The number of fused-ring (bicyclic) bond motifs is 1. The molecule has 1 fully saturated rings. The Labute approximate surface area is 184 Å². The van der Waals surface area contributed by atoms with E-state index >= 15 is 0 Å². The van der Waals surface area contributed by atoms with Crippen molar-refractivity contribution >= 4 is 34.3 Å². The summed E-state index contributed by atoms with van der Waals surface area (Å²) in [6.07, 6.45) is 0. The lowest BCUT2D eigenvalue weighted by molar-refractivity contribution is -0.128. The first kappa shape index (κ1) is 21.4. The van der Waals surface area contributed by atoms with Crippen LogP contribution >= 0.6 is 11.8 Å². The van der Waals surface area contributed by atoms with Crippen LogP contribution in [0.3, 0.4) is 0 Å². The molecule has 1 saturated heterocycles. The number of carbonyl (C=O) groups excluding carboxylic acids is 1. The number of carbonyl (C=O) groups is 1. The van der Waals surface area contributed by atoms with Gasteiger partial charge in [-0.3, -0.25) is 14.2 Å². The minimum Gasteiger partial charge on any atom is -0.368 e. The van der Waals surface area contributed by atoms with Crippen LogP contribution in [-0.2, 0) is 4.79 Å². The summed E-state index contributed by atoms with van der Waals surface area (Å²) in [5.74, 6) is 0.00635. The normalized spacial score (nSPS) is 14.5. The molecule has 0 saturated carbocycles. The molecular weight excluding hydrogens is 415 g/mol. The molecule has 0 radical (unpaired) electrons. The number of anilines is 1. The highest BCUT2D eigenvalue weighted by atomic mass is 32.2. The molecule has 1 aliphatic heterocycles. The van der Waals surface area contributed by atoms with E-state index in [0.29, 0.717) is 42.2 Å². The first-order chi connectivity index (χ1) is 14.9. The van der Waals surface area contributed by atoms with Crippen LogP contribution in [0, 0.1) is 5.82 Å². The van der Waals surface area contributed by atoms with Gasteiger partial charge in [0.1, 0.15) is 5.82 Å². The first-order valence-corrected chi connectivity index (χ1v) is 11.3. The topological polar surface area (TPSA) is 58.4 Å². The predicted octanol–water partition coefficient (Wildman–Crippen LogP) is 3.56. The smallest absolute Gasteiger partial charge is 0.262 e. The van der Waals surface area contributed by atoms with Gasteiger partial charge in [0.2, 0.25) is 5.91 Å². The van der Waals surface area contributed by atoms with Crippen molar-refractivity contribution < 1.29 is 9.18 Å². The number of thioether (sulfide) groups is 1. The van der Waals surface area contributed by atoms with Gasteiger partial charge in [-0.2, -0.15) is 0 Å². The Morgan fingerprint density at radius 1 is 1.06 bits per heavy atom. The molecule has 0 spiro atoms. The van der Waals surface area contributed by atoms with Crippen molar-refractivity contribution in [2.45, 2.75) is 25.0 Å². The summed E-state index contributed by atoms with van der Waals surface area (Å²) in [7, 11) is 0. The molecule has 0 N–H and O–H groups in total. The van der Waals surface area contributed by atoms with Gasteiger partial charge in [0.05, 0.1) is 16.7 Å². The summed E-state index contributed by atoms with van der Waals surface area (Å²) >= 11 is 1.31. The molecule has 0 unspecified atom stereocenters. The Morgan fingerprint density at radius 2 is 1.74 bits per heavy atom. The van der Waals surface area contributed by atoms with E-state index in [4.69, 9.17) is 0 Å². The number of halogens is 1. The number of hydrogen-bond donors (Lipinski definition) is 0. The second-order valence-corrected chi connectivity index (χ2v) is 8.76. The average molecular weight is 441 g/mol. The number of hydrogen-bond acceptors (Lipinski definition) is 5. The van der Waals surface area contributed by atoms with E-state index in [1.807, 2.05) is 36.9 Å². The van der Waals surface area contributed by atoms with E-state index in [1.54, 1.807) is 22.8 Å². The van der Waals surface area contributed by atoms with Gasteiger partial charge >= 0.3 is 0 Å². The van der Waals surface area contributed by atoms with E-state index in [2.05, 4.69) is 9.88 Å². The van der Waals surface area contributed by atoms with Crippen molar-refractivity contribution in [2.24, 2.45) is 0 Å². The van der Waals surface area contributed by atoms with Gasteiger partial charge in [-0.25, -0.2) is 9.37 Å².